The second-order valence-electron chi connectivity index (χ2n) is 11.8. The third-order valence-electron chi connectivity index (χ3n) is 9.18. The number of aliphatic hydroxyl groups excluding tert-OH is 1. The van der Waals surface area contributed by atoms with E-state index in [-0.39, 0.29) is 10.9 Å². The van der Waals surface area contributed by atoms with Gasteiger partial charge in [0.1, 0.15) is 16.4 Å². The van der Waals surface area contributed by atoms with Crippen LogP contribution in [0.3, 0.4) is 0 Å². The number of carboxylic acid groups (broad SMARTS) is 1. The van der Waals surface area contributed by atoms with E-state index in [9.17, 15) is 18.3 Å². The van der Waals surface area contributed by atoms with E-state index in [4.69, 9.17) is 14.6 Å². The van der Waals surface area contributed by atoms with E-state index in [1.54, 1.807) is 31.5 Å². The van der Waals surface area contributed by atoms with E-state index in [1.165, 1.54) is 12.7 Å². The first kappa shape index (κ1) is 30.5. The highest BCUT2D eigenvalue weighted by molar-refractivity contribution is 7.90. The third-order valence-corrected chi connectivity index (χ3v) is 11.8. The Morgan fingerprint density at radius 2 is 2.05 bits per heavy atom. The van der Waals surface area contributed by atoms with Crippen molar-refractivity contribution < 1.29 is 32.9 Å². The van der Waals surface area contributed by atoms with Crippen molar-refractivity contribution >= 4 is 48.1 Å². The molecule has 4 aromatic rings. The number of sulfone groups is 1. The lowest BCUT2D eigenvalue weighted by atomic mass is 9.73. The van der Waals surface area contributed by atoms with Crippen LogP contribution in [0.25, 0.3) is 21.0 Å². The summed E-state index contributed by atoms with van der Waals surface area (Å²) in [6.45, 7) is 6.42. The summed E-state index contributed by atoms with van der Waals surface area (Å²) in [5.41, 5.74) is 2.47. The highest BCUT2D eigenvalue weighted by Gasteiger charge is 2.42. The van der Waals surface area contributed by atoms with Gasteiger partial charge in [0.2, 0.25) is 0 Å². The molecule has 2 aromatic carbocycles. The number of carbonyl (C=O) groups is 1. The van der Waals surface area contributed by atoms with E-state index in [2.05, 4.69) is 22.5 Å². The fraction of sp³-hybridized carbons (Fsp3) is 0.394. The molecule has 2 bridgehead atoms. The molecule has 8 rings (SSSR count). The maximum atomic E-state index is 11.9. The summed E-state index contributed by atoms with van der Waals surface area (Å²) in [6.07, 6.45) is 7.26. The van der Waals surface area contributed by atoms with Crippen molar-refractivity contribution in [2.45, 2.75) is 36.7 Å². The summed E-state index contributed by atoms with van der Waals surface area (Å²) in [7, 11) is -1.55. The molecule has 3 saturated heterocycles. The van der Waals surface area contributed by atoms with Gasteiger partial charge in [0.05, 0.1) is 30.6 Å². The number of nitrogens with zero attached hydrogens (tertiary/aromatic N) is 2. The number of methoxy groups -OCH3 is 1. The number of hydrogen-bond acceptors (Lipinski definition) is 9. The molecular weight excluding hydrogens is 601 g/mol. The number of aliphatic hydroxyl groups is 1. The Balaban J connectivity index is 0.000000159. The number of pyridine rings is 1. The van der Waals surface area contributed by atoms with Crippen molar-refractivity contribution in [3.8, 4) is 11.5 Å². The van der Waals surface area contributed by atoms with Crippen LogP contribution in [0.4, 0.5) is 0 Å². The predicted octanol–water partition coefficient (Wildman–Crippen LogP) is 5.64. The Labute approximate surface area is 260 Å². The number of ether oxygens (including phenoxy) is 2. The molecule has 0 spiro atoms. The lowest BCUT2D eigenvalue weighted by Crippen LogP contribution is -2.54. The predicted molar refractivity (Wildman–Crippen MR) is 172 cm³/mol. The van der Waals surface area contributed by atoms with Crippen molar-refractivity contribution in [3.05, 3.63) is 77.3 Å². The normalized spacial score (nSPS) is 24.9. The minimum Gasteiger partial charge on any atom is -0.497 e. The SMILES string of the molecule is C=C[C@H]1CN2CC[C@H]1C[C@@H]2[C@@H](O)c1ccnc2ccc(OC)cc12.CS(=O)(=O)C1CCOc2cc3sc(C(=O)O)cc3cc21. The molecule has 9 nitrogen and oxygen atoms in total. The Morgan fingerprint density at radius 3 is 2.73 bits per heavy atom. The van der Waals surface area contributed by atoms with Crippen LogP contribution in [0.15, 0.2) is 61.3 Å². The lowest BCUT2D eigenvalue weighted by molar-refractivity contribution is -0.0444. The van der Waals surface area contributed by atoms with Crippen molar-refractivity contribution in [2.75, 3.05) is 33.1 Å². The van der Waals surface area contributed by atoms with E-state index in [1.807, 2.05) is 24.3 Å². The van der Waals surface area contributed by atoms with Crippen LogP contribution < -0.4 is 9.47 Å². The van der Waals surface area contributed by atoms with Gasteiger partial charge in [0.15, 0.2) is 9.84 Å². The van der Waals surface area contributed by atoms with Crippen molar-refractivity contribution in [3.63, 3.8) is 0 Å². The van der Waals surface area contributed by atoms with Gasteiger partial charge in [0, 0.05) is 47.1 Å². The summed E-state index contributed by atoms with van der Waals surface area (Å²) >= 11 is 1.16. The van der Waals surface area contributed by atoms with Gasteiger partial charge in [-0.05, 0) is 84.6 Å². The van der Waals surface area contributed by atoms with E-state index in [0.717, 1.165) is 63.1 Å². The maximum Gasteiger partial charge on any atom is 0.345 e. The summed E-state index contributed by atoms with van der Waals surface area (Å²) < 4.78 is 35.4. The monoisotopic (exact) mass is 636 g/mol. The zero-order valence-electron chi connectivity index (χ0n) is 24.7. The van der Waals surface area contributed by atoms with Crippen molar-refractivity contribution in [2.24, 2.45) is 11.8 Å². The largest absolute Gasteiger partial charge is 0.497 e. The number of fused-ring (bicyclic) bond motifs is 6. The first-order valence-electron chi connectivity index (χ1n) is 14.7. The highest BCUT2D eigenvalue weighted by atomic mass is 32.2. The van der Waals surface area contributed by atoms with Crippen LogP contribution in [-0.4, -0.2) is 73.6 Å². The maximum absolute atomic E-state index is 11.9. The molecule has 4 aliphatic rings. The lowest BCUT2D eigenvalue weighted by Gasteiger charge is -2.50. The number of hydrogen-bond donors (Lipinski definition) is 2. The van der Waals surface area contributed by atoms with Crippen molar-refractivity contribution in [1.29, 1.82) is 0 Å². The first-order chi connectivity index (χ1) is 21.1. The second-order valence-corrected chi connectivity index (χ2v) is 15.1. The van der Waals surface area contributed by atoms with Gasteiger partial charge in [-0.25, -0.2) is 13.2 Å². The number of thiophene rings is 1. The molecule has 11 heteroatoms. The molecule has 4 aliphatic heterocycles. The third kappa shape index (κ3) is 5.81. The number of aromatic nitrogens is 1. The smallest absolute Gasteiger partial charge is 0.345 e. The Bertz CT molecular complexity index is 1840. The average molecular weight is 637 g/mol. The van der Waals surface area contributed by atoms with Crippen LogP contribution >= 0.6 is 11.3 Å². The number of carboxylic acids is 1. The molecule has 2 N–H and O–H groups in total. The van der Waals surface area contributed by atoms with Gasteiger partial charge in [-0.15, -0.1) is 17.9 Å². The van der Waals surface area contributed by atoms with Gasteiger partial charge in [-0.3, -0.25) is 9.88 Å². The zero-order valence-corrected chi connectivity index (χ0v) is 26.3. The van der Waals surface area contributed by atoms with Gasteiger partial charge < -0.3 is 19.7 Å². The molecular formula is C33H36N2O7S2. The summed E-state index contributed by atoms with van der Waals surface area (Å²) in [4.78, 5) is 18.1. The topological polar surface area (TPSA) is 126 Å². The number of aromatic carboxylic acids is 1. The molecule has 6 atom stereocenters. The van der Waals surface area contributed by atoms with Crippen LogP contribution in [0, 0.1) is 11.8 Å². The standard InChI is InChI=1S/C20H24N2O2.C13H12O5S2/c1-3-13-12-22-9-7-14(13)10-19(22)20(23)16-6-8-21-18-5-4-15(24-2)11-17(16)18;1-20(16,17)12-2-3-18-9-6-10-7(4-8(9)12)5-11(19-10)13(14)15/h3-6,8,11,13-14,19-20,23H,1,7,9-10,12H2,2H3;4-6,12H,2-3H2,1H3,(H,14,15)/t13-,14-,19+,20-;/m0./s1. The molecule has 0 amide bonds. The Kier molecular flexibility index (Phi) is 8.40. The molecule has 0 saturated carbocycles. The van der Waals surface area contributed by atoms with Gasteiger partial charge >= 0.3 is 5.97 Å². The van der Waals surface area contributed by atoms with Crippen LogP contribution in [0.5, 0.6) is 11.5 Å². The highest BCUT2D eigenvalue weighted by Crippen LogP contribution is 2.43. The quantitative estimate of drug-likeness (QED) is 0.259. The molecule has 3 fully saturated rings. The van der Waals surface area contributed by atoms with Gasteiger partial charge in [-0.1, -0.05) is 6.08 Å². The summed E-state index contributed by atoms with van der Waals surface area (Å²) in [5.74, 6) is 1.56. The van der Waals surface area contributed by atoms with Crippen LogP contribution in [-0.2, 0) is 9.84 Å². The minimum atomic E-state index is -3.21. The van der Waals surface area contributed by atoms with E-state index >= 15 is 0 Å². The number of rotatable bonds is 6. The van der Waals surface area contributed by atoms with E-state index < -0.39 is 27.2 Å². The summed E-state index contributed by atoms with van der Waals surface area (Å²) in [6, 6.07) is 13.0. The second kappa shape index (κ2) is 12.1. The van der Waals surface area contributed by atoms with Crippen LogP contribution in [0.1, 0.15) is 51.4 Å². The molecule has 0 radical (unpaired) electrons. The van der Waals surface area contributed by atoms with Gasteiger partial charge in [-0.2, -0.15) is 0 Å². The fourth-order valence-corrected chi connectivity index (χ4v) is 8.97. The fourth-order valence-electron chi connectivity index (χ4n) is 6.89. The molecule has 2 aromatic heterocycles. The Morgan fingerprint density at radius 1 is 1.23 bits per heavy atom. The van der Waals surface area contributed by atoms with Crippen molar-refractivity contribution in [1.82, 2.24) is 9.88 Å². The summed E-state index contributed by atoms with van der Waals surface area (Å²) in [5, 5.41) is 21.3. The first-order valence-corrected chi connectivity index (χ1v) is 17.4. The molecule has 0 aliphatic carbocycles. The number of benzene rings is 2. The average Bonchev–Trinajstić information content (AvgIpc) is 3.46. The molecule has 232 valence electrons. The van der Waals surface area contributed by atoms with E-state index in [0.29, 0.717) is 36.2 Å². The molecule has 44 heavy (non-hydrogen) atoms. The molecule has 2 unspecified atom stereocenters. The van der Waals surface area contributed by atoms with Crippen LogP contribution in [0.2, 0.25) is 0 Å². The minimum absolute atomic E-state index is 0.178. The zero-order chi connectivity index (χ0) is 31.2. The van der Waals surface area contributed by atoms with Gasteiger partial charge in [0.25, 0.3) is 0 Å². The molecule has 6 heterocycles. The Hall–Kier alpha value is -3.51. The number of piperidine rings is 3.